The highest BCUT2D eigenvalue weighted by Gasteiger charge is 2.44. The summed E-state index contributed by atoms with van der Waals surface area (Å²) in [5, 5.41) is 9.15. The summed E-state index contributed by atoms with van der Waals surface area (Å²) >= 11 is 0. The van der Waals surface area contributed by atoms with Gasteiger partial charge < -0.3 is 5.11 Å². The molecule has 114 valence electrons. The van der Waals surface area contributed by atoms with Crippen LogP contribution < -0.4 is 0 Å². The molecule has 5 nitrogen and oxygen atoms in total. The van der Waals surface area contributed by atoms with Gasteiger partial charge in [0.25, 0.3) is 0 Å². The van der Waals surface area contributed by atoms with Crippen LogP contribution in [0.25, 0.3) is 0 Å². The van der Waals surface area contributed by atoms with Crippen molar-refractivity contribution in [3.05, 3.63) is 28.8 Å². The predicted octanol–water partition coefficient (Wildman–Crippen LogP) is 2.17. The highest BCUT2D eigenvalue weighted by molar-refractivity contribution is 7.89. The van der Waals surface area contributed by atoms with E-state index in [1.807, 2.05) is 0 Å². The molecule has 1 aromatic carbocycles. The Morgan fingerprint density at radius 1 is 1.29 bits per heavy atom. The molecule has 1 N–H and O–H groups in total. The van der Waals surface area contributed by atoms with Gasteiger partial charge in [-0.05, 0) is 62.3 Å². The van der Waals surface area contributed by atoms with E-state index in [0.29, 0.717) is 23.6 Å². The van der Waals surface area contributed by atoms with Gasteiger partial charge in [-0.25, -0.2) is 13.2 Å². The van der Waals surface area contributed by atoms with Crippen molar-refractivity contribution in [3.8, 4) is 0 Å². The number of piperidine rings is 1. The van der Waals surface area contributed by atoms with Crippen LogP contribution in [0.2, 0.25) is 0 Å². The van der Waals surface area contributed by atoms with E-state index >= 15 is 0 Å². The first kappa shape index (κ1) is 14.5. The number of nitrogens with zero attached hydrogens (tertiary/aromatic N) is 1. The average Bonchev–Trinajstić information content (AvgIpc) is 3.03. The van der Waals surface area contributed by atoms with E-state index in [1.54, 1.807) is 18.2 Å². The SMILES string of the molecule is Cc1cc(C(=O)O)cc(S(=O)(=O)N2CC3CCC2C3)c1C. The van der Waals surface area contributed by atoms with Crippen LogP contribution in [0.15, 0.2) is 17.0 Å². The van der Waals surface area contributed by atoms with E-state index in [0.717, 1.165) is 19.3 Å². The summed E-state index contributed by atoms with van der Waals surface area (Å²) in [4.78, 5) is 11.3. The molecule has 3 rings (SSSR count). The summed E-state index contributed by atoms with van der Waals surface area (Å²) in [7, 11) is -3.61. The first-order chi connectivity index (χ1) is 9.80. The molecule has 2 unspecified atom stereocenters. The number of carbonyl (C=O) groups is 1. The van der Waals surface area contributed by atoms with Crippen molar-refractivity contribution in [2.24, 2.45) is 5.92 Å². The van der Waals surface area contributed by atoms with Crippen LogP contribution in [0.5, 0.6) is 0 Å². The number of carboxylic acid groups (broad SMARTS) is 1. The molecule has 6 heteroatoms. The van der Waals surface area contributed by atoms with Gasteiger partial charge in [-0.1, -0.05) is 0 Å². The first-order valence-electron chi connectivity index (χ1n) is 7.17. The Labute approximate surface area is 124 Å². The largest absolute Gasteiger partial charge is 0.478 e. The number of aryl methyl sites for hydroxylation is 1. The van der Waals surface area contributed by atoms with Crippen molar-refractivity contribution in [2.75, 3.05) is 6.54 Å². The average molecular weight is 309 g/mol. The Kier molecular flexibility index (Phi) is 3.33. The maximum atomic E-state index is 12.9. The molecule has 0 radical (unpaired) electrons. The zero-order valence-electron chi connectivity index (χ0n) is 12.2. The smallest absolute Gasteiger partial charge is 0.335 e. The van der Waals surface area contributed by atoms with Crippen molar-refractivity contribution in [3.63, 3.8) is 0 Å². The second-order valence-corrected chi connectivity index (χ2v) is 7.99. The first-order valence-corrected chi connectivity index (χ1v) is 8.61. The molecular weight excluding hydrogens is 290 g/mol. The third kappa shape index (κ3) is 2.26. The van der Waals surface area contributed by atoms with Crippen molar-refractivity contribution >= 4 is 16.0 Å². The summed E-state index contributed by atoms with van der Waals surface area (Å²) in [5.41, 5.74) is 1.36. The van der Waals surface area contributed by atoms with Gasteiger partial charge in [0.15, 0.2) is 0 Å². The molecule has 1 heterocycles. The molecule has 1 saturated carbocycles. The number of fused-ring (bicyclic) bond motifs is 2. The van der Waals surface area contributed by atoms with Crippen LogP contribution in [-0.2, 0) is 10.0 Å². The third-order valence-electron chi connectivity index (χ3n) is 4.81. The fourth-order valence-corrected chi connectivity index (χ4v) is 5.59. The van der Waals surface area contributed by atoms with Crippen molar-refractivity contribution in [1.29, 1.82) is 0 Å². The fourth-order valence-electron chi connectivity index (χ4n) is 3.52. The normalized spacial score (nSPS) is 25.4. The topological polar surface area (TPSA) is 74.7 Å². The van der Waals surface area contributed by atoms with Crippen LogP contribution in [0.4, 0.5) is 0 Å². The summed E-state index contributed by atoms with van der Waals surface area (Å²) in [6.45, 7) is 4.06. The number of rotatable bonds is 3. The number of aromatic carboxylic acids is 1. The minimum atomic E-state index is -3.61. The molecule has 1 saturated heterocycles. The number of hydrogen-bond donors (Lipinski definition) is 1. The standard InChI is InChI=1S/C15H19NO4S/c1-9-5-12(15(17)18)7-14(10(9)2)21(19,20)16-8-11-3-4-13(16)6-11/h5,7,11,13H,3-4,6,8H2,1-2H3,(H,17,18). The summed E-state index contributed by atoms with van der Waals surface area (Å²) in [6.07, 6.45) is 2.96. The molecule has 1 aliphatic heterocycles. The van der Waals surface area contributed by atoms with Gasteiger partial charge in [-0.2, -0.15) is 4.31 Å². The fraction of sp³-hybridized carbons (Fsp3) is 0.533. The van der Waals surface area contributed by atoms with E-state index < -0.39 is 16.0 Å². The molecule has 0 aromatic heterocycles. The molecule has 2 aliphatic rings. The highest BCUT2D eigenvalue weighted by atomic mass is 32.2. The van der Waals surface area contributed by atoms with E-state index in [9.17, 15) is 13.2 Å². The van der Waals surface area contributed by atoms with Crippen LogP contribution in [-0.4, -0.2) is 36.4 Å². The van der Waals surface area contributed by atoms with Crippen molar-refractivity contribution < 1.29 is 18.3 Å². The molecule has 2 fully saturated rings. The van der Waals surface area contributed by atoms with E-state index in [1.165, 1.54) is 12.1 Å². The molecule has 1 aliphatic carbocycles. The molecule has 0 spiro atoms. The quantitative estimate of drug-likeness (QED) is 0.928. The maximum absolute atomic E-state index is 12.9. The lowest BCUT2D eigenvalue weighted by Crippen LogP contribution is -2.38. The lowest BCUT2D eigenvalue weighted by molar-refractivity contribution is 0.0696. The predicted molar refractivity (Wildman–Crippen MR) is 77.9 cm³/mol. The summed E-state index contributed by atoms with van der Waals surface area (Å²) < 4.78 is 27.4. The Morgan fingerprint density at radius 3 is 2.52 bits per heavy atom. The van der Waals surface area contributed by atoms with Crippen molar-refractivity contribution in [1.82, 2.24) is 4.31 Å². The minimum Gasteiger partial charge on any atom is -0.478 e. The second kappa shape index (κ2) is 4.81. The Hall–Kier alpha value is -1.40. The van der Waals surface area contributed by atoms with Crippen LogP contribution >= 0.6 is 0 Å². The Morgan fingerprint density at radius 2 is 2.00 bits per heavy atom. The lowest BCUT2D eigenvalue weighted by atomic mass is 10.1. The highest BCUT2D eigenvalue weighted by Crippen LogP contribution is 2.41. The monoisotopic (exact) mass is 309 g/mol. The summed E-state index contributed by atoms with van der Waals surface area (Å²) in [6, 6.07) is 2.91. The third-order valence-corrected chi connectivity index (χ3v) is 6.86. The Bertz CT molecular complexity index is 711. The summed E-state index contributed by atoms with van der Waals surface area (Å²) in [5.74, 6) is -0.633. The van der Waals surface area contributed by atoms with Crippen LogP contribution in [0.1, 0.15) is 40.7 Å². The van der Waals surface area contributed by atoms with Gasteiger partial charge in [-0.3, -0.25) is 0 Å². The zero-order valence-corrected chi connectivity index (χ0v) is 13.0. The molecule has 21 heavy (non-hydrogen) atoms. The molecule has 0 amide bonds. The van der Waals surface area contributed by atoms with Gasteiger partial charge in [-0.15, -0.1) is 0 Å². The molecule has 2 bridgehead atoms. The zero-order chi connectivity index (χ0) is 15.4. The van der Waals surface area contributed by atoms with Gasteiger partial charge in [0.2, 0.25) is 10.0 Å². The van der Waals surface area contributed by atoms with Gasteiger partial charge in [0.05, 0.1) is 10.5 Å². The molecule has 1 aromatic rings. The van der Waals surface area contributed by atoms with Gasteiger partial charge in [0, 0.05) is 12.6 Å². The minimum absolute atomic E-state index is 0.0287. The van der Waals surface area contributed by atoms with Crippen molar-refractivity contribution in [2.45, 2.75) is 44.0 Å². The number of benzene rings is 1. The maximum Gasteiger partial charge on any atom is 0.335 e. The second-order valence-electron chi connectivity index (χ2n) is 6.13. The number of hydrogen-bond acceptors (Lipinski definition) is 3. The van der Waals surface area contributed by atoms with E-state index in [-0.39, 0.29) is 16.5 Å². The van der Waals surface area contributed by atoms with Gasteiger partial charge >= 0.3 is 5.97 Å². The number of carboxylic acids is 1. The molecule has 2 atom stereocenters. The van der Waals surface area contributed by atoms with Crippen LogP contribution in [0.3, 0.4) is 0 Å². The number of sulfonamides is 1. The van der Waals surface area contributed by atoms with Gasteiger partial charge in [0.1, 0.15) is 0 Å². The van der Waals surface area contributed by atoms with Crippen LogP contribution in [0, 0.1) is 19.8 Å². The van der Waals surface area contributed by atoms with E-state index in [4.69, 9.17) is 5.11 Å². The Balaban J connectivity index is 2.08. The lowest BCUT2D eigenvalue weighted by Gasteiger charge is -2.27. The van der Waals surface area contributed by atoms with E-state index in [2.05, 4.69) is 0 Å². The molecular formula is C15H19NO4S.